The molecule has 4 nitrogen and oxygen atoms in total. The lowest BCUT2D eigenvalue weighted by Gasteiger charge is -2.06. The fraction of sp³-hybridized carbons (Fsp3) is 0.200. The molecule has 0 unspecified atom stereocenters. The van der Waals surface area contributed by atoms with Crippen LogP contribution in [-0.2, 0) is 6.18 Å². The Balaban J connectivity index is 2.62. The molecule has 0 fully saturated rings. The third kappa shape index (κ3) is 1.95. The highest BCUT2D eigenvalue weighted by atomic mass is 19.4. The minimum atomic E-state index is -4.44. The van der Waals surface area contributed by atoms with Gasteiger partial charge in [-0.05, 0) is 12.1 Å². The summed E-state index contributed by atoms with van der Waals surface area (Å²) in [5, 5.41) is 2.32. The van der Waals surface area contributed by atoms with Crippen LogP contribution in [0.2, 0.25) is 0 Å². The summed E-state index contributed by atoms with van der Waals surface area (Å²) in [7, 11) is 1.39. The first-order chi connectivity index (χ1) is 7.93. The van der Waals surface area contributed by atoms with E-state index in [1.54, 1.807) is 0 Å². The summed E-state index contributed by atoms with van der Waals surface area (Å²) in [4.78, 5) is 15.2. The molecule has 0 aromatic carbocycles. The van der Waals surface area contributed by atoms with Crippen molar-refractivity contribution in [1.82, 2.24) is 14.7 Å². The highest BCUT2D eigenvalue weighted by Gasteiger charge is 2.31. The molecule has 0 spiro atoms. The second-order valence-electron chi connectivity index (χ2n) is 3.38. The minimum Gasteiger partial charge on any atom is -0.354 e. The monoisotopic (exact) mass is 243 g/mol. The van der Waals surface area contributed by atoms with Crippen LogP contribution in [0.15, 0.2) is 24.7 Å². The molecule has 0 saturated carbocycles. The molecule has 2 rings (SSSR count). The fourth-order valence-electron chi connectivity index (χ4n) is 1.46. The van der Waals surface area contributed by atoms with Gasteiger partial charge in [-0.3, -0.25) is 4.79 Å². The van der Waals surface area contributed by atoms with Crippen LogP contribution in [0.1, 0.15) is 16.1 Å². The number of aromatic nitrogens is 2. The molecule has 0 bridgehead atoms. The molecule has 1 N–H and O–H groups in total. The molecule has 1 amide bonds. The van der Waals surface area contributed by atoms with Crippen LogP contribution < -0.4 is 5.32 Å². The number of hydrogen-bond donors (Lipinski definition) is 1. The summed E-state index contributed by atoms with van der Waals surface area (Å²) in [5.74, 6) is -0.521. The molecule has 0 aliphatic carbocycles. The molecule has 0 aliphatic rings. The maximum Gasteiger partial charge on any atom is 0.416 e. The van der Waals surface area contributed by atoms with Crippen molar-refractivity contribution in [3.05, 3.63) is 35.9 Å². The predicted octanol–water partition coefficient (Wildman–Crippen LogP) is 1.71. The Morgan fingerprint density at radius 2 is 2.18 bits per heavy atom. The van der Waals surface area contributed by atoms with E-state index in [0.29, 0.717) is 0 Å². The van der Waals surface area contributed by atoms with Gasteiger partial charge in [-0.1, -0.05) is 0 Å². The van der Waals surface area contributed by atoms with Crippen LogP contribution in [0.25, 0.3) is 5.52 Å². The van der Waals surface area contributed by atoms with E-state index in [4.69, 9.17) is 0 Å². The number of imidazole rings is 1. The highest BCUT2D eigenvalue weighted by molar-refractivity contribution is 5.98. The minimum absolute atomic E-state index is 0.0291. The summed E-state index contributed by atoms with van der Waals surface area (Å²) in [6.45, 7) is 0. The fourth-order valence-corrected chi connectivity index (χ4v) is 1.46. The maximum absolute atomic E-state index is 12.5. The van der Waals surface area contributed by atoms with Crippen molar-refractivity contribution in [3.8, 4) is 0 Å². The molecule has 0 atom stereocenters. The van der Waals surface area contributed by atoms with Crippen molar-refractivity contribution in [3.63, 3.8) is 0 Å². The Hall–Kier alpha value is -2.05. The summed E-state index contributed by atoms with van der Waals surface area (Å²) in [5.41, 5.74) is -0.714. The van der Waals surface area contributed by atoms with E-state index in [1.807, 2.05) is 0 Å². The van der Waals surface area contributed by atoms with E-state index in [2.05, 4.69) is 10.3 Å². The zero-order valence-corrected chi connectivity index (χ0v) is 8.75. The van der Waals surface area contributed by atoms with Crippen molar-refractivity contribution >= 4 is 11.4 Å². The topological polar surface area (TPSA) is 46.4 Å². The smallest absolute Gasteiger partial charge is 0.354 e. The van der Waals surface area contributed by atoms with Gasteiger partial charge in [-0.15, -0.1) is 0 Å². The maximum atomic E-state index is 12.5. The SMILES string of the molecule is CNC(=O)c1ncn2ccc(C(F)(F)F)cc12. The van der Waals surface area contributed by atoms with Gasteiger partial charge in [0.05, 0.1) is 11.1 Å². The number of fused-ring (bicyclic) bond motifs is 1. The first-order valence-electron chi connectivity index (χ1n) is 4.69. The van der Waals surface area contributed by atoms with Crippen molar-refractivity contribution in [2.45, 2.75) is 6.18 Å². The van der Waals surface area contributed by atoms with Crippen molar-refractivity contribution < 1.29 is 18.0 Å². The molecule has 0 saturated heterocycles. The number of carbonyl (C=O) groups excluding carboxylic acids is 1. The summed E-state index contributed by atoms with van der Waals surface area (Å²) in [6, 6.07) is 1.83. The lowest BCUT2D eigenvalue weighted by molar-refractivity contribution is -0.137. The van der Waals surface area contributed by atoms with E-state index >= 15 is 0 Å². The molecular weight excluding hydrogens is 235 g/mol. The summed E-state index contributed by atoms with van der Waals surface area (Å²) in [6.07, 6.45) is -1.93. The quantitative estimate of drug-likeness (QED) is 0.828. The molecule has 2 aromatic rings. The average molecular weight is 243 g/mol. The van der Waals surface area contributed by atoms with Crippen molar-refractivity contribution in [2.75, 3.05) is 7.05 Å². The Morgan fingerprint density at radius 1 is 1.47 bits per heavy atom. The molecule has 7 heteroatoms. The molecule has 2 heterocycles. The number of carbonyl (C=O) groups is 1. The van der Waals surface area contributed by atoms with Gasteiger partial charge in [0.2, 0.25) is 0 Å². The second-order valence-corrected chi connectivity index (χ2v) is 3.38. The Labute approximate surface area is 94.1 Å². The van der Waals surface area contributed by atoms with E-state index < -0.39 is 17.6 Å². The number of alkyl halides is 3. The lowest BCUT2D eigenvalue weighted by Crippen LogP contribution is -2.18. The zero-order valence-electron chi connectivity index (χ0n) is 8.75. The van der Waals surface area contributed by atoms with Gasteiger partial charge >= 0.3 is 6.18 Å². The van der Waals surface area contributed by atoms with Crippen LogP contribution in [0.3, 0.4) is 0 Å². The van der Waals surface area contributed by atoms with Gasteiger partial charge in [-0.25, -0.2) is 4.98 Å². The molecular formula is C10H8F3N3O. The van der Waals surface area contributed by atoms with E-state index in [-0.39, 0.29) is 11.2 Å². The van der Waals surface area contributed by atoms with Gasteiger partial charge in [0.25, 0.3) is 5.91 Å². The van der Waals surface area contributed by atoms with E-state index in [1.165, 1.54) is 24.0 Å². The Bertz CT molecular complexity index is 574. The number of halogens is 3. The van der Waals surface area contributed by atoms with Crippen LogP contribution in [0.5, 0.6) is 0 Å². The number of nitrogens with one attached hydrogen (secondary N) is 1. The Morgan fingerprint density at radius 3 is 2.76 bits per heavy atom. The summed E-state index contributed by atoms with van der Waals surface area (Å²) >= 11 is 0. The third-order valence-corrected chi connectivity index (χ3v) is 2.31. The molecule has 0 aliphatic heterocycles. The number of hydrogen-bond acceptors (Lipinski definition) is 2. The largest absolute Gasteiger partial charge is 0.416 e. The van der Waals surface area contributed by atoms with Gasteiger partial charge < -0.3 is 9.72 Å². The molecule has 17 heavy (non-hydrogen) atoms. The standard InChI is InChI=1S/C10H8F3N3O/c1-14-9(17)8-7-4-6(10(11,12)13)2-3-16(7)5-15-8/h2-5H,1H3,(H,14,17). The number of amides is 1. The van der Waals surface area contributed by atoms with Crippen molar-refractivity contribution in [2.24, 2.45) is 0 Å². The highest BCUT2D eigenvalue weighted by Crippen LogP contribution is 2.30. The number of nitrogens with zero attached hydrogens (tertiary/aromatic N) is 2. The normalized spacial score (nSPS) is 11.8. The van der Waals surface area contributed by atoms with E-state index in [9.17, 15) is 18.0 Å². The predicted molar refractivity (Wildman–Crippen MR) is 53.6 cm³/mol. The summed E-state index contributed by atoms with van der Waals surface area (Å²) < 4.78 is 38.9. The average Bonchev–Trinajstić information content (AvgIpc) is 2.69. The van der Waals surface area contributed by atoms with E-state index in [0.717, 1.165) is 12.1 Å². The van der Waals surface area contributed by atoms with Crippen LogP contribution in [0, 0.1) is 0 Å². The zero-order chi connectivity index (χ0) is 12.6. The molecule has 90 valence electrons. The number of rotatable bonds is 1. The second kappa shape index (κ2) is 3.76. The lowest BCUT2D eigenvalue weighted by atomic mass is 10.2. The van der Waals surface area contributed by atoms with Crippen molar-refractivity contribution in [1.29, 1.82) is 0 Å². The van der Waals surface area contributed by atoms with Crippen LogP contribution in [0.4, 0.5) is 13.2 Å². The molecule has 0 radical (unpaired) electrons. The van der Waals surface area contributed by atoms with Crippen LogP contribution >= 0.6 is 0 Å². The number of pyridine rings is 1. The first-order valence-corrected chi connectivity index (χ1v) is 4.69. The first kappa shape index (κ1) is 11.4. The molecule has 2 aromatic heterocycles. The van der Waals surface area contributed by atoms with Gasteiger partial charge in [0.15, 0.2) is 5.69 Å². The Kier molecular flexibility index (Phi) is 2.53. The van der Waals surface area contributed by atoms with Gasteiger partial charge in [0.1, 0.15) is 6.33 Å². The van der Waals surface area contributed by atoms with Gasteiger partial charge in [0, 0.05) is 13.2 Å². The third-order valence-electron chi connectivity index (χ3n) is 2.31. The van der Waals surface area contributed by atoms with Gasteiger partial charge in [-0.2, -0.15) is 13.2 Å². The van der Waals surface area contributed by atoms with Crippen LogP contribution in [-0.4, -0.2) is 22.3 Å².